The summed E-state index contributed by atoms with van der Waals surface area (Å²) in [5.41, 5.74) is 2.90. The van der Waals surface area contributed by atoms with Crippen LogP contribution < -0.4 is 10.2 Å². The molecule has 0 aliphatic rings. The summed E-state index contributed by atoms with van der Waals surface area (Å²) < 4.78 is 4.89. The van der Waals surface area contributed by atoms with Gasteiger partial charge >= 0.3 is 0 Å². The molecule has 22 heavy (non-hydrogen) atoms. The van der Waals surface area contributed by atoms with Crippen molar-refractivity contribution in [1.82, 2.24) is 5.16 Å². The molecule has 1 aromatic heterocycles. The number of aromatic nitrogens is 1. The Morgan fingerprint density at radius 1 is 1.18 bits per heavy atom. The molecule has 6 heteroatoms. The SMILES string of the molecule is CC(=O)N(CC(=O)Nc1cc(C)on1)c1ccc(C)c(C)c1. The number of carbonyl (C=O) groups is 2. The standard InChI is InChI=1S/C16H19N3O3/c1-10-5-6-14(7-11(10)2)19(13(4)20)9-16(21)17-15-8-12(3)22-18-15/h5-8H,9H2,1-4H3,(H,17,18,21). The largest absolute Gasteiger partial charge is 0.360 e. The van der Waals surface area contributed by atoms with Crippen LogP contribution in [-0.4, -0.2) is 23.5 Å². The molecule has 0 bridgehead atoms. The maximum Gasteiger partial charge on any atom is 0.245 e. The van der Waals surface area contributed by atoms with Crippen molar-refractivity contribution in [2.75, 3.05) is 16.8 Å². The lowest BCUT2D eigenvalue weighted by atomic mass is 10.1. The Balaban J connectivity index is 2.13. The van der Waals surface area contributed by atoms with Gasteiger partial charge in [-0.1, -0.05) is 11.2 Å². The van der Waals surface area contributed by atoms with E-state index in [1.165, 1.54) is 11.8 Å². The van der Waals surface area contributed by atoms with E-state index in [1.807, 2.05) is 32.0 Å². The van der Waals surface area contributed by atoms with Crippen molar-refractivity contribution in [3.05, 3.63) is 41.2 Å². The molecule has 1 heterocycles. The van der Waals surface area contributed by atoms with Gasteiger partial charge in [0.2, 0.25) is 11.8 Å². The molecule has 1 N–H and O–H groups in total. The van der Waals surface area contributed by atoms with Crippen molar-refractivity contribution < 1.29 is 14.1 Å². The molecule has 6 nitrogen and oxygen atoms in total. The minimum atomic E-state index is -0.332. The van der Waals surface area contributed by atoms with Gasteiger partial charge < -0.3 is 14.7 Å². The van der Waals surface area contributed by atoms with Gasteiger partial charge in [0.15, 0.2) is 5.82 Å². The zero-order valence-corrected chi connectivity index (χ0v) is 13.1. The first kappa shape index (κ1) is 15.8. The lowest BCUT2D eigenvalue weighted by Crippen LogP contribution is -2.36. The highest BCUT2D eigenvalue weighted by atomic mass is 16.5. The molecule has 0 aliphatic carbocycles. The van der Waals surface area contributed by atoms with E-state index in [-0.39, 0.29) is 18.4 Å². The first-order chi connectivity index (χ1) is 10.4. The Bertz CT molecular complexity index is 706. The van der Waals surface area contributed by atoms with Crippen molar-refractivity contribution >= 4 is 23.3 Å². The van der Waals surface area contributed by atoms with Gasteiger partial charge in [-0.15, -0.1) is 0 Å². The second-order valence-electron chi connectivity index (χ2n) is 5.24. The molecule has 1 aromatic carbocycles. The second kappa shape index (κ2) is 6.43. The fraction of sp³-hybridized carbons (Fsp3) is 0.312. The minimum absolute atomic E-state index is 0.0796. The first-order valence-corrected chi connectivity index (χ1v) is 6.95. The third-order valence-corrected chi connectivity index (χ3v) is 3.38. The van der Waals surface area contributed by atoms with Crippen molar-refractivity contribution in [2.45, 2.75) is 27.7 Å². The van der Waals surface area contributed by atoms with E-state index in [0.29, 0.717) is 17.3 Å². The smallest absolute Gasteiger partial charge is 0.245 e. The average molecular weight is 301 g/mol. The van der Waals surface area contributed by atoms with Crippen molar-refractivity contribution in [2.24, 2.45) is 0 Å². The van der Waals surface area contributed by atoms with Crippen LogP contribution in [0.15, 0.2) is 28.8 Å². The Morgan fingerprint density at radius 3 is 2.45 bits per heavy atom. The number of hydrogen-bond donors (Lipinski definition) is 1. The van der Waals surface area contributed by atoms with Crippen LogP contribution in [0.2, 0.25) is 0 Å². The van der Waals surface area contributed by atoms with Crippen LogP contribution in [0.4, 0.5) is 11.5 Å². The number of amides is 2. The number of carbonyl (C=O) groups excluding carboxylic acids is 2. The molecular formula is C16H19N3O3. The zero-order chi connectivity index (χ0) is 16.3. The highest BCUT2D eigenvalue weighted by Crippen LogP contribution is 2.19. The number of nitrogens with zero attached hydrogens (tertiary/aromatic N) is 2. The maximum absolute atomic E-state index is 12.1. The van der Waals surface area contributed by atoms with E-state index in [1.54, 1.807) is 13.0 Å². The topological polar surface area (TPSA) is 75.4 Å². The van der Waals surface area contributed by atoms with E-state index in [2.05, 4.69) is 10.5 Å². The molecular weight excluding hydrogens is 282 g/mol. The molecule has 2 rings (SSSR count). The van der Waals surface area contributed by atoms with Crippen LogP contribution in [0.25, 0.3) is 0 Å². The van der Waals surface area contributed by atoms with Gasteiger partial charge in [-0.3, -0.25) is 9.59 Å². The monoisotopic (exact) mass is 301 g/mol. The molecule has 0 atom stereocenters. The third kappa shape index (κ3) is 3.72. The lowest BCUT2D eigenvalue weighted by Gasteiger charge is -2.21. The molecule has 0 saturated heterocycles. The van der Waals surface area contributed by atoms with E-state index in [0.717, 1.165) is 11.1 Å². The van der Waals surface area contributed by atoms with Gasteiger partial charge in [0.25, 0.3) is 0 Å². The highest BCUT2D eigenvalue weighted by Gasteiger charge is 2.17. The summed E-state index contributed by atoms with van der Waals surface area (Å²) in [6.07, 6.45) is 0. The van der Waals surface area contributed by atoms with E-state index in [4.69, 9.17) is 4.52 Å². The van der Waals surface area contributed by atoms with Gasteiger partial charge in [-0.05, 0) is 44.0 Å². The Labute approximate surface area is 129 Å². The van der Waals surface area contributed by atoms with Gasteiger partial charge in [-0.25, -0.2) is 0 Å². The zero-order valence-electron chi connectivity index (χ0n) is 13.1. The van der Waals surface area contributed by atoms with Crippen LogP contribution in [0, 0.1) is 20.8 Å². The number of nitrogens with one attached hydrogen (secondary N) is 1. The molecule has 2 amide bonds. The Kier molecular flexibility index (Phi) is 4.60. The molecule has 0 radical (unpaired) electrons. The van der Waals surface area contributed by atoms with E-state index in [9.17, 15) is 9.59 Å². The normalized spacial score (nSPS) is 10.4. The van der Waals surface area contributed by atoms with Crippen LogP contribution in [0.3, 0.4) is 0 Å². The first-order valence-electron chi connectivity index (χ1n) is 6.95. The Morgan fingerprint density at radius 2 is 1.91 bits per heavy atom. The molecule has 0 spiro atoms. The third-order valence-electron chi connectivity index (χ3n) is 3.38. The van der Waals surface area contributed by atoms with Crippen LogP contribution in [0.1, 0.15) is 23.8 Å². The summed E-state index contributed by atoms with van der Waals surface area (Å²) in [5.74, 6) is 0.412. The average Bonchev–Trinajstić information content (AvgIpc) is 2.84. The fourth-order valence-electron chi connectivity index (χ4n) is 2.03. The second-order valence-corrected chi connectivity index (χ2v) is 5.24. The molecule has 0 aliphatic heterocycles. The summed E-state index contributed by atoms with van der Waals surface area (Å²) in [7, 11) is 0. The summed E-state index contributed by atoms with van der Waals surface area (Å²) in [6, 6.07) is 7.27. The van der Waals surface area contributed by atoms with E-state index >= 15 is 0 Å². The fourth-order valence-corrected chi connectivity index (χ4v) is 2.03. The molecule has 0 saturated carbocycles. The van der Waals surface area contributed by atoms with Gasteiger partial charge in [0.05, 0.1) is 0 Å². The number of aryl methyl sites for hydroxylation is 3. The molecule has 116 valence electrons. The number of hydrogen-bond acceptors (Lipinski definition) is 4. The molecule has 0 fully saturated rings. The van der Waals surface area contributed by atoms with Crippen LogP contribution in [-0.2, 0) is 9.59 Å². The Hall–Kier alpha value is -2.63. The van der Waals surface area contributed by atoms with Crippen LogP contribution >= 0.6 is 0 Å². The maximum atomic E-state index is 12.1. The summed E-state index contributed by atoms with van der Waals surface area (Å²) in [4.78, 5) is 25.3. The summed E-state index contributed by atoms with van der Waals surface area (Å²) in [6.45, 7) is 7.05. The van der Waals surface area contributed by atoms with Gasteiger partial charge in [-0.2, -0.15) is 0 Å². The summed E-state index contributed by atoms with van der Waals surface area (Å²) in [5, 5.41) is 6.30. The lowest BCUT2D eigenvalue weighted by molar-refractivity contribution is -0.120. The van der Waals surface area contributed by atoms with E-state index < -0.39 is 0 Å². The minimum Gasteiger partial charge on any atom is -0.360 e. The number of anilines is 2. The van der Waals surface area contributed by atoms with Crippen LogP contribution in [0.5, 0.6) is 0 Å². The molecule has 0 unspecified atom stereocenters. The quantitative estimate of drug-likeness (QED) is 0.941. The van der Waals surface area contributed by atoms with Crippen molar-refractivity contribution in [3.63, 3.8) is 0 Å². The van der Waals surface area contributed by atoms with Crippen molar-refractivity contribution in [3.8, 4) is 0 Å². The van der Waals surface area contributed by atoms with Crippen molar-refractivity contribution in [1.29, 1.82) is 0 Å². The van der Waals surface area contributed by atoms with Gasteiger partial charge in [0.1, 0.15) is 12.3 Å². The van der Waals surface area contributed by atoms with Gasteiger partial charge in [0, 0.05) is 18.7 Å². The highest BCUT2D eigenvalue weighted by molar-refractivity contribution is 6.01. The number of benzene rings is 1. The summed E-state index contributed by atoms with van der Waals surface area (Å²) >= 11 is 0. The predicted octanol–water partition coefficient (Wildman–Crippen LogP) is 2.59. The predicted molar refractivity (Wildman–Crippen MR) is 83.8 cm³/mol. The number of rotatable bonds is 4. The molecule has 2 aromatic rings.